The zero-order valence-corrected chi connectivity index (χ0v) is 36.1. The van der Waals surface area contributed by atoms with Crippen LogP contribution in [0.25, 0.3) is 50.3 Å². The normalized spacial score (nSPS) is 11.2. The molecule has 0 N–H and O–H groups in total. The van der Waals surface area contributed by atoms with Gasteiger partial charge < -0.3 is 24.0 Å². The maximum atomic E-state index is 6.60. The zero-order valence-electron chi connectivity index (χ0n) is 31.5. The molecule has 0 spiro atoms. The molecule has 9 nitrogen and oxygen atoms in total. The minimum atomic E-state index is 0. The molecule has 0 unspecified atom stereocenters. The Morgan fingerprint density at radius 2 is 0.964 bits per heavy atom. The van der Waals surface area contributed by atoms with Gasteiger partial charge in [-0.2, -0.15) is 22.9 Å². The number of nitrogens with zero attached hydrogens (tertiary/aromatic N) is 7. The van der Waals surface area contributed by atoms with Crippen molar-refractivity contribution in [2.75, 3.05) is 0 Å². The largest absolute Gasteiger partial charge is 2.00 e. The van der Waals surface area contributed by atoms with Crippen molar-refractivity contribution in [3.8, 4) is 51.5 Å². The predicted octanol–water partition coefficient (Wildman–Crippen LogP) is 10.6. The Labute approximate surface area is 355 Å². The van der Waals surface area contributed by atoms with Gasteiger partial charge in [0, 0.05) is 41.3 Å². The van der Waals surface area contributed by atoms with Crippen LogP contribution in [0.3, 0.4) is 0 Å². The van der Waals surface area contributed by atoms with Gasteiger partial charge in [-0.1, -0.05) is 112 Å². The molecule has 0 saturated heterocycles. The Balaban J connectivity index is 0.00000266. The van der Waals surface area contributed by atoms with E-state index in [1.54, 1.807) is 12.4 Å². The van der Waals surface area contributed by atoms with E-state index in [2.05, 4.69) is 94.5 Å². The van der Waals surface area contributed by atoms with E-state index in [1.807, 2.05) is 91.2 Å². The average Bonchev–Trinajstić information content (AvgIpc) is 3.51. The topological polar surface area (TPSA) is 101 Å². The maximum Gasteiger partial charge on any atom is 2.00 e. The summed E-state index contributed by atoms with van der Waals surface area (Å²) in [5.74, 6) is 3.51. The standard InChI is InChI=1S/C45H37N7O2.2Pt/c1-27(2)34-17-13-30(38-11-7-9-21-46-38)23-42(34)53-32-15-19-36-37-20-16-33(26-41(37)52(40(36)25-32)45-50-48-44(29(5)6)49-51-45)54-43-24-31(14-18-35(43)28(3)4)39-12-8-10-22-47-39;;/h7-22,27-29H,1-6H3;;/q-4;2*+2. The van der Waals surface area contributed by atoms with E-state index in [-0.39, 0.29) is 65.8 Å². The van der Waals surface area contributed by atoms with E-state index in [0.29, 0.717) is 39.9 Å². The van der Waals surface area contributed by atoms with Gasteiger partial charge in [0.05, 0.1) is 0 Å². The Morgan fingerprint density at radius 3 is 1.36 bits per heavy atom. The molecule has 8 rings (SSSR count). The molecule has 11 heteroatoms. The third-order valence-corrected chi connectivity index (χ3v) is 9.16. The van der Waals surface area contributed by atoms with Crippen LogP contribution in [0.1, 0.15) is 76.2 Å². The molecule has 0 bridgehead atoms. The second-order valence-corrected chi connectivity index (χ2v) is 14.0. The molecule has 0 aliphatic rings. The van der Waals surface area contributed by atoms with Crippen LogP contribution in [-0.4, -0.2) is 34.9 Å². The summed E-state index contributed by atoms with van der Waals surface area (Å²) < 4.78 is 15.0. The molecule has 0 amide bonds. The Bertz CT molecular complexity index is 2440. The van der Waals surface area contributed by atoms with Crippen molar-refractivity contribution in [2.45, 2.75) is 59.3 Å². The zero-order chi connectivity index (χ0) is 37.3. The van der Waals surface area contributed by atoms with Crippen LogP contribution in [0.4, 0.5) is 0 Å². The quantitative estimate of drug-likeness (QED) is 0.125. The molecule has 0 saturated carbocycles. The summed E-state index contributed by atoms with van der Waals surface area (Å²) in [5, 5.41) is 19.7. The Kier molecular flexibility index (Phi) is 12.6. The maximum absolute atomic E-state index is 6.60. The fraction of sp³-hybridized carbons (Fsp3) is 0.200. The van der Waals surface area contributed by atoms with Gasteiger partial charge in [-0.3, -0.25) is 0 Å². The molecule has 4 aromatic heterocycles. The summed E-state index contributed by atoms with van der Waals surface area (Å²) in [5.41, 5.74) is 6.70. The van der Waals surface area contributed by atoms with Crippen LogP contribution >= 0.6 is 0 Å². The first-order valence-electron chi connectivity index (χ1n) is 18.0. The van der Waals surface area contributed by atoms with Crippen LogP contribution in [0.2, 0.25) is 0 Å². The number of ether oxygens (including phenoxy) is 2. The van der Waals surface area contributed by atoms with E-state index in [9.17, 15) is 0 Å². The van der Waals surface area contributed by atoms with E-state index < -0.39 is 0 Å². The van der Waals surface area contributed by atoms with E-state index in [1.165, 1.54) is 0 Å². The molecule has 56 heavy (non-hydrogen) atoms. The Hall–Kier alpha value is -5.10. The van der Waals surface area contributed by atoms with E-state index in [4.69, 9.17) is 9.47 Å². The third-order valence-electron chi connectivity index (χ3n) is 9.16. The minimum absolute atomic E-state index is 0. The fourth-order valence-corrected chi connectivity index (χ4v) is 6.31. The second-order valence-electron chi connectivity index (χ2n) is 14.0. The van der Waals surface area contributed by atoms with Crippen molar-refractivity contribution in [2.24, 2.45) is 0 Å². The number of pyridine rings is 2. The number of benzene rings is 4. The molecular formula is C45H37N7O2Pt2. The molecule has 0 aliphatic heterocycles. The average molecular weight is 1100 g/mol. The van der Waals surface area contributed by atoms with Crippen molar-refractivity contribution >= 4 is 21.8 Å². The van der Waals surface area contributed by atoms with Crippen LogP contribution in [-0.2, 0) is 42.1 Å². The van der Waals surface area contributed by atoms with Crippen LogP contribution < -0.4 is 9.47 Å². The van der Waals surface area contributed by atoms with E-state index in [0.717, 1.165) is 44.4 Å². The Morgan fingerprint density at radius 1 is 0.500 bits per heavy atom. The van der Waals surface area contributed by atoms with Gasteiger partial charge in [-0.05, 0) is 23.5 Å². The summed E-state index contributed by atoms with van der Waals surface area (Å²) >= 11 is 0. The summed E-state index contributed by atoms with van der Waals surface area (Å²) in [7, 11) is 0. The van der Waals surface area contributed by atoms with Crippen molar-refractivity contribution in [1.82, 2.24) is 34.9 Å². The molecule has 4 aromatic carbocycles. The fourth-order valence-electron chi connectivity index (χ4n) is 6.31. The van der Waals surface area contributed by atoms with Gasteiger partial charge >= 0.3 is 42.1 Å². The minimum Gasteiger partial charge on any atom is -0.503 e. The van der Waals surface area contributed by atoms with Gasteiger partial charge in [-0.25, -0.2) is 0 Å². The summed E-state index contributed by atoms with van der Waals surface area (Å²) in [6, 6.07) is 41.6. The van der Waals surface area contributed by atoms with Crippen LogP contribution in [0.15, 0.2) is 97.3 Å². The second kappa shape index (κ2) is 17.4. The van der Waals surface area contributed by atoms with Gasteiger partial charge in [0.2, 0.25) is 0 Å². The van der Waals surface area contributed by atoms with Crippen molar-refractivity contribution in [3.05, 3.63) is 139 Å². The number of fused-ring (bicyclic) bond motifs is 3. The van der Waals surface area contributed by atoms with Crippen molar-refractivity contribution in [3.63, 3.8) is 0 Å². The molecule has 0 aliphatic carbocycles. The number of aromatic nitrogens is 7. The number of rotatable bonds is 10. The first-order chi connectivity index (χ1) is 26.2. The number of hydrogen-bond acceptors (Lipinski definition) is 8. The first kappa shape index (κ1) is 40.6. The van der Waals surface area contributed by atoms with Crippen LogP contribution in [0, 0.1) is 24.3 Å². The summed E-state index contributed by atoms with van der Waals surface area (Å²) in [6.45, 7) is 12.5. The van der Waals surface area contributed by atoms with Gasteiger partial charge in [0.15, 0.2) is 5.82 Å². The molecule has 0 radical (unpaired) electrons. The third kappa shape index (κ3) is 8.21. The summed E-state index contributed by atoms with van der Waals surface area (Å²) in [4.78, 5) is 9.04. The molecule has 0 fully saturated rings. The van der Waals surface area contributed by atoms with Gasteiger partial charge in [0.25, 0.3) is 5.95 Å². The monoisotopic (exact) mass is 1100 g/mol. The van der Waals surface area contributed by atoms with Crippen LogP contribution in [0.5, 0.6) is 23.0 Å². The predicted molar refractivity (Wildman–Crippen MR) is 209 cm³/mol. The molecule has 0 atom stereocenters. The number of hydrogen-bond donors (Lipinski definition) is 0. The van der Waals surface area contributed by atoms with E-state index >= 15 is 0 Å². The molecule has 4 heterocycles. The molecule has 284 valence electrons. The molecule has 8 aromatic rings. The van der Waals surface area contributed by atoms with Gasteiger partial charge in [0.1, 0.15) is 0 Å². The smallest absolute Gasteiger partial charge is 0.503 e. The van der Waals surface area contributed by atoms with Crippen molar-refractivity contribution < 1.29 is 51.6 Å². The van der Waals surface area contributed by atoms with Gasteiger partial charge in [-0.15, -0.1) is 80.1 Å². The van der Waals surface area contributed by atoms with Crippen molar-refractivity contribution in [1.29, 1.82) is 0 Å². The molecular weight excluding hydrogens is 1060 g/mol. The SMILES string of the molecule is CC(C)c1nnc(-n2c3[c-]c(Oc4[c-]c(-c5ccccn5)ccc4C(C)C)ccc3c3ccc(Oc4[c-]c(-c5ccccn5)ccc4C(C)C)[c-]c32)nn1.[Pt+2].[Pt+2]. The summed E-state index contributed by atoms with van der Waals surface area (Å²) in [6.07, 6.45) is 3.54. The first-order valence-corrected chi connectivity index (χ1v) is 18.0.